The molecule has 0 atom stereocenters. The molecule has 1 amide bonds. The molecule has 0 radical (unpaired) electrons. The minimum absolute atomic E-state index is 0.0321. The molecule has 0 saturated heterocycles. The highest BCUT2D eigenvalue weighted by atomic mass is 16.2. The number of hydrogen-bond donors (Lipinski definition) is 1. The number of rotatable bonds is 8. The summed E-state index contributed by atoms with van der Waals surface area (Å²) in [5.74, 6) is -0.0779. The van der Waals surface area contributed by atoms with E-state index in [0.29, 0.717) is 13.1 Å². The Morgan fingerprint density at radius 1 is 1.00 bits per heavy atom. The first-order valence-electron chi connectivity index (χ1n) is 9.99. The molecule has 0 spiro atoms. The van der Waals surface area contributed by atoms with Gasteiger partial charge in [-0.25, -0.2) is 9.67 Å². The highest BCUT2D eigenvalue weighted by Crippen LogP contribution is 2.23. The summed E-state index contributed by atoms with van der Waals surface area (Å²) in [5.41, 5.74) is 5.46. The second kappa shape index (κ2) is 8.82. The molecule has 29 heavy (non-hydrogen) atoms. The summed E-state index contributed by atoms with van der Waals surface area (Å²) in [6.07, 6.45) is 6.93. The molecule has 0 fully saturated rings. The molecule has 1 aliphatic carbocycles. The van der Waals surface area contributed by atoms with Crippen molar-refractivity contribution in [2.75, 3.05) is 0 Å². The van der Waals surface area contributed by atoms with Crippen LogP contribution in [-0.4, -0.2) is 26.5 Å². The molecule has 0 bridgehead atoms. The summed E-state index contributed by atoms with van der Waals surface area (Å²) in [4.78, 5) is 28.6. The number of carbonyl (C=O) groups excluding carboxylic acids is 2. The van der Waals surface area contributed by atoms with Gasteiger partial charge in [0.05, 0.1) is 6.54 Å². The Balaban J connectivity index is 1.25. The average molecular weight is 388 g/mol. The third-order valence-corrected chi connectivity index (χ3v) is 5.29. The topological polar surface area (TPSA) is 76.9 Å². The van der Waals surface area contributed by atoms with Gasteiger partial charge in [-0.1, -0.05) is 36.4 Å². The van der Waals surface area contributed by atoms with E-state index in [1.807, 2.05) is 36.4 Å². The second-order valence-electron chi connectivity index (χ2n) is 7.45. The number of aryl methyl sites for hydroxylation is 2. The van der Waals surface area contributed by atoms with Crippen molar-refractivity contribution in [2.24, 2.45) is 0 Å². The van der Waals surface area contributed by atoms with Crippen LogP contribution in [-0.2, 0) is 30.7 Å². The number of benzene rings is 2. The van der Waals surface area contributed by atoms with Gasteiger partial charge < -0.3 is 5.32 Å². The molecule has 1 aliphatic rings. The minimum atomic E-state index is -0.110. The Labute approximate surface area is 170 Å². The SMILES string of the molecule is O=C(CCC(=O)c1ccc2c(c1)CCC2)NCc1cccc(Cn2cncn2)c1. The van der Waals surface area contributed by atoms with Crippen molar-refractivity contribution in [3.05, 3.63) is 82.9 Å². The van der Waals surface area contributed by atoms with E-state index < -0.39 is 0 Å². The van der Waals surface area contributed by atoms with Crippen LogP contribution in [0.5, 0.6) is 0 Å². The van der Waals surface area contributed by atoms with E-state index in [9.17, 15) is 9.59 Å². The number of fused-ring (bicyclic) bond motifs is 1. The van der Waals surface area contributed by atoms with Crippen LogP contribution in [0.25, 0.3) is 0 Å². The zero-order valence-electron chi connectivity index (χ0n) is 16.3. The first-order chi connectivity index (χ1) is 14.2. The van der Waals surface area contributed by atoms with Crippen molar-refractivity contribution in [1.29, 1.82) is 0 Å². The van der Waals surface area contributed by atoms with Gasteiger partial charge in [-0.05, 0) is 47.6 Å². The molecule has 1 N–H and O–H groups in total. The summed E-state index contributed by atoms with van der Waals surface area (Å²) in [6, 6.07) is 13.9. The maximum absolute atomic E-state index is 12.4. The molecule has 4 rings (SSSR count). The molecular formula is C23H24N4O2. The summed E-state index contributed by atoms with van der Waals surface area (Å²) in [6.45, 7) is 1.08. The lowest BCUT2D eigenvalue weighted by molar-refractivity contribution is -0.121. The molecular weight excluding hydrogens is 364 g/mol. The fourth-order valence-electron chi connectivity index (χ4n) is 3.75. The molecule has 1 aromatic heterocycles. The van der Waals surface area contributed by atoms with Crippen molar-refractivity contribution in [3.63, 3.8) is 0 Å². The number of nitrogens with zero attached hydrogens (tertiary/aromatic N) is 3. The monoisotopic (exact) mass is 388 g/mol. The lowest BCUT2D eigenvalue weighted by Crippen LogP contribution is -2.23. The second-order valence-corrected chi connectivity index (χ2v) is 7.45. The van der Waals surface area contributed by atoms with E-state index in [1.54, 1.807) is 11.0 Å². The van der Waals surface area contributed by atoms with Gasteiger partial charge in [0.1, 0.15) is 12.7 Å². The van der Waals surface area contributed by atoms with Gasteiger partial charge in [0.2, 0.25) is 5.91 Å². The van der Waals surface area contributed by atoms with Crippen molar-refractivity contribution in [3.8, 4) is 0 Å². The van der Waals surface area contributed by atoms with Crippen LogP contribution in [0.3, 0.4) is 0 Å². The van der Waals surface area contributed by atoms with E-state index in [4.69, 9.17) is 0 Å². The average Bonchev–Trinajstić information content (AvgIpc) is 3.42. The lowest BCUT2D eigenvalue weighted by atomic mass is 10.0. The number of amides is 1. The third kappa shape index (κ3) is 4.96. The predicted octanol–water partition coefficient (Wildman–Crippen LogP) is 3.09. The van der Waals surface area contributed by atoms with Gasteiger partial charge in [-0.3, -0.25) is 9.59 Å². The molecule has 0 unspecified atom stereocenters. The highest BCUT2D eigenvalue weighted by molar-refractivity contribution is 5.98. The Bertz CT molecular complexity index is 1010. The number of aromatic nitrogens is 3. The molecule has 6 nitrogen and oxygen atoms in total. The van der Waals surface area contributed by atoms with Crippen LogP contribution >= 0.6 is 0 Å². The van der Waals surface area contributed by atoms with Crippen LogP contribution in [0.15, 0.2) is 55.1 Å². The van der Waals surface area contributed by atoms with Crippen LogP contribution < -0.4 is 5.32 Å². The van der Waals surface area contributed by atoms with Crippen LogP contribution in [0.2, 0.25) is 0 Å². The fraction of sp³-hybridized carbons (Fsp3) is 0.304. The zero-order valence-corrected chi connectivity index (χ0v) is 16.3. The molecule has 0 saturated carbocycles. The number of carbonyl (C=O) groups is 2. The molecule has 3 aromatic rings. The minimum Gasteiger partial charge on any atom is -0.352 e. The van der Waals surface area contributed by atoms with Crippen molar-refractivity contribution >= 4 is 11.7 Å². The van der Waals surface area contributed by atoms with E-state index in [0.717, 1.165) is 36.0 Å². The number of Topliss-reactive ketones (excluding diaryl/α,β-unsaturated/α-hetero) is 1. The summed E-state index contributed by atoms with van der Waals surface area (Å²) >= 11 is 0. The van der Waals surface area contributed by atoms with Gasteiger partial charge in [-0.2, -0.15) is 5.10 Å². The van der Waals surface area contributed by atoms with Crippen LogP contribution in [0.4, 0.5) is 0 Å². The standard InChI is InChI=1S/C23H24N4O2/c28-22(21-8-7-19-5-2-6-20(19)12-21)9-10-23(29)25-13-17-3-1-4-18(11-17)14-27-16-24-15-26-27/h1,3-4,7-8,11-12,15-16H,2,5-6,9-10,13-14H2,(H,25,29). The summed E-state index contributed by atoms with van der Waals surface area (Å²) < 4.78 is 1.75. The number of nitrogens with one attached hydrogen (secondary N) is 1. The molecule has 2 aromatic carbocycles. The van der Waals surface area contributed by atoms with Gasteiger partial charge >= 0.3 is 0 Å². The van der Waals surface area contributed by atoms with Gasteiger partial charge in [-0.15, -0.1) is 0 Å². The maximum atomic E-state index is 12.4. The smallest absolute Gasteiger partial charge is 0.220 e. The molecule has 1 heterocycles. The van der Waals surface area contributed by atoms with Crippen molar-refractivity contribution in [2.45, 2.75) is 45.2 Å². The summed E-state index contributed by atoms with van der Waals surface area (Å²) in [7, 11) is 0. The van der Waals surface area contributed by atoms with Crippen LogP contribution in [0.1, 0.15) is 51.9 Å². The van der Waals surface area contributed by atoms with Gasteiger partial charge in [0.15, 0.2) is 5.78 Å². The third-order valence-electron chi connectivity index (χ3n) is 5.29. The zero-order chi connectivity index (χ0) is 20.1. The van der Waals surface area contributed by atoms with E-state index in [-0.39, 0.29) is 24.5 Å². The van der Waals surface area contributed by atoms with E-state index >= 15 is 0 Å². The van der Waals surface area contributed by atoms with Crippen molar-refractivity contribution < 1.29 is 9.59 Å². The first kappa shape index (κ1) is 19.1. The highest BCUT2D eigenvalue weighted by Gasteiger charge is 2.15. The van der Waals surface area contributed by atoms with E-state index in [2.05, 4.69) is 21.5 Å². The maximum Gasteiger partial charge on any atom is 0.220 e. The number of ketones is 1. The lowest BCUT2D eigenvalue weighted by Gasteiger charge is -2.08. The number of hydrogen-bond acceptors (Lipinski definition) is 4. The van der Waals surface area contributed by atoms with Gasteiger partial charge in [0.25, 0.3) is 0 Å². The molecule has 148 valence electrons. The first-order valence-corrected chi connectivity index (χ1v) is 9.99. The Hall–Kier alpha value is -3.28. The molecule has 6 heteroatoms. The normalized spacial score (nSPS) is 12.6. The summed E-state index contributed by atoms with van der Waals surface area (Å²) in [5, 5.41) is 7.01. The van der Waals surface area contributed by atoms with Crippen molar-refractivity contribution in [1.82, 2.24) is 20.1 Å². The van der Waals surface area contributed by atoms with Crippen LogP contribution in [0, 0.1) is 0 Å². The Kier molecular flexibility index (Phi) is 5.79. The quantitative estimate of drug-likeness (QED) is 0.602. The predicted molar refractivity (Wildman–Crippen MR) is 109 cm³/mol. The Morgan fingerprint density at radius 2 is 1.86 bits per heavy atom. The van der Waals surface area contributed by atoms with Gasteiger partial charge in [0, 0.05) is 24.9 Å². The Morgan fingerprint density at radius 3 is 2.72 bits per heavy atom. The van der Waals surface area contributed by atoms with E-state index in [1.165, 1.54) is 17.5 Å². The fourth-order valence-corrected chi connectivity index (χ4v) is 3.75. The largest absolute Gasteiger partial charge is 0.352 e. The molecule has 0 aliphatic heterocycles.